The number of aldehydes is 1. The van der Waals surface area contributed by atoms with Crippen molar-refractivity contribution in [3.05, 3.63) is 30.3 Å². The van der Waals surface area contributed by atoms with E-state index in [-0.39, 0.29) is 5.92 Å². The van der Waals surface area contributed by atoms with Crippen LogP contribution in [0.1, 0.15) is 12.8 Å². The highest BCUT2D eigenvalue weighted by atomic mass is 19.2. The molecule has 5 heteroatoms. The number of hydrogen-bond donors (Lipinski definition) is 0. The lowest BCUT2D eigenvalue weighted by molar-refractivity contribution is -0.120. The molecule has 0 saturated carbocycles. The van der Waals surface area contributed by atoms with Crippen LogP contribution in [0.4, 0.5) is 4.48 Å². The first-order valence-corrected chi connectivity index (χ1v) is 5.77. The molecule has 0 aliphatic carbocycles. The molecular formula is C13H16FNO3. The van der Waals surface area contributed by atoms with Crippen LogP contribution in [-0.2, 0) is 9.59 Å². The van der Waals surface area contributed by atoms with Crippen LogP contribution in [0.5, 0.6) is 5.75 Å². The van der Waals surface area contributed by atoms with Gasteiger partial charge in [-0.1, -0.05) is 18.2 Å². The van der Waals surface area contributed by atoms with E-state index in [1.165, 1.54) is 0 Å². The van der Waals surface area contributed by atoms with E-state index in [2.05, 4.69) is 4.74 Å². The summed E-state index contributed by atoms with van der Waals surface area (Å²) in [5.74, 6) is 0.685. The van der Waals surface area contributed by atoms with Crippen molar-refractivity contribution < 1.29 is 18.8 Å². The second-order valence-corrected chi connectivity index (χ2v) is 3.91. The van der Waals surface area contributed by atoms with Gasteiger partial charge in [0.1, 0.15) is 12.0 Å². The van der Waals surface area contributed by atoms with Gasteiger partial charge in [0.2, 0.25) is 0 Å². The number of rotatable bonds is 3. The maximum atomic E-state index is 12.2. The minimum absolute atomic E-state index is 0.108. The second-order valence-electron chi connectivity index (χ2n) is 3.91. The predicted molar refractivity (Wildman–Crippen MR) is 64.6 cm³/mol. The van der Waals surface area contributed by atoms with Gasteiger partial charge in [0.05, 0.1) is 0 Å². The minimum atomic E-state index is 0.108. The van der Waals surface area contributed by atoms with Crippen molar-refractivity contribution in [3.8, 4) is 5.75 Å². The largest absolute Gasteiger partial charge is 0.429 e. The molecule has 1 heterocycles. The standard InChI is InChI=1S/C7H6O2.C6H10FNO/c8-6-9-7-4-2-1-3-5-7;7-8-3-1-6(5-9)2-4-8/h1-6H;5-6H,1-4H2. The fraction of sp³-hybridized carbons (Fsp3) is 0.385. The number of ether oxygens (including phenoxy) is 1. The van der Waals surface area contributed by atoms with Gasteiger partial charge in [-0.2, -0.15) is 0 Å². The maximum Gasteiger partial charge on any atom is 0.298 e. The molecule has 1 aromatic carbocycles. The van der Waals surface area contributed by atoms with Crippen molar-refractivity contribution in [1.82, 2.24) is 5.12 Å². The summed E-state index contributed by atoms with van der Waals surface area (Å²) in [5.41, 5.74) is 0. The van der Waals surface area contributed by atoms with E-state index in [0.29, 0.717) is 38.2 Å². The number of para-hydroxylation sites is 1. The molecule has 1 aromatic rings. The van der Waals surface area contributed by atoms with Crippen LogP contribution in [0.2, 0.25) is 0 Å². The van der Waals surface area contributed by atoms with E-state index in [1.807, 2.05) is 6.07 Å². The third kappa shape index (κ3) is 5.54. The van der Waals surface area contributed by atoms with Crippen LogP contribution in [0.15, 0.2) is 30.3 Å². The van der Waals surface area contributed by atoms with Gasteiger partial charge in [-0.15, -0.1) is 9.60 Å². The van der Waals surface area contributed by atoms with Crippen molar-refractivity contribution in [2.45, 2.75) is 12.8 Å². The van der Waals surface area contributed by atoms with Gasteiger partial charge in [0.15, 0.2) is 0 Å². The minimum Gasteiger partial charge on any atom is -0.429 e. The van der Waals surface area contributed by atoms with Crippen LogP contribution in [0.25, 0.3) is 0 Å². The zero-order valence-electron chi connectivity index (χ0n) is 10.00. The van der Waals surface area contributed by atoms with Gasteiger partial charge in [0, 0.05) is 19.0 Å². The first kappa shape index (κ1) is 14.3. The van der Waals surface area contributed by atoms with Gasteiger partial charge in [0.25, 0.3) is 6.47 Å². The van der Waals surface area contributed by atoms with Gasteiger partial charge in [-0.25, -0.2) is 0 Å². The monoisotopic (exact) mass is 253 g/mol. The van der Waals surface area contributed by atoms with Crippen LogP contribution >= 0.6 is 0 Å². The van der Waals surface area contributed by atoms with E-state index in [9.17, 15) is 14.1 Å². The van der Waals surface area contributed by atoms with Crippen molar-refractivity contribution >= 4 is 12.8 Å². The summed E-state index contributed by atoms with van der Waals surface area (Å²) in [7, 11) is 0. The molecule has 0 atom stereocenters. The number of hydrogen-bond acceptors (Lipinski definition) is 4. The summed E-state index contributed by atoms with van der Waals surface area (Å²) in [5, 5.41) is 0.764. The molecule has 2 rings (SSSR count). The number of benzene rings is 1. The van der Waals surface area contributed by atoms with E-state index in [4.69, 9.17) is 0 Å². The van der Waals surface area contributed by atoms with Crippen LogP contribution in [0, 0.1) is 5.92 Å². The lowest BCUT2D eigenvalue weighted by Gasteiger charge is -2.21. The molecule has 1 fully saturated rings. The second kappa shape index (κ2) is 8.36. The maximum absolute atomic E-state index is 12.2. The molecule has 0 spiro atoms. The Labute approximate surface area is 105 Å². The van der Waals surface area contributed by atoms with E-state index in [0.717, 1.165) is 11.4 Å². The fourth-order valence-electron chi connectivity index (χ4n) is 1.56. The van der Waals surface area contributed by atoms with Gasteiger partial charge in [-0.05, 0) is 25.0 Å². The zero-order valence-corrected chi connectivity index (χ0v) is 10.00. The van der Waals surface area contributed by atoms with Gasteiger partial charge in [-0.3, -0.25) is 4.79 Å². The van der Waals surface area contributed by atoms with Crippen molar-refractivity contribution in [2.24, 2.45) is 5.92 Å². The lowest BCUT2D eigenvalue weighted by Crippen LogP contribution is -2.27. The Morgan fingerprint density at radius 3 is 2.28 bits per heavy atom. The summed E-state index contributed by atoms with van der Waals surface area (Å²) >= 11 is 0. The number of piperidine rings is 1. The number of nitrogens with zero attached hydrogens (tertiary/aromatic N) is 1. The van der Waals surface area contributed by atoms with Crippen LogP contribution < -0.4 is 4.74 Å². The number of halogens is 1. The lowest BCUT2D eigenvalue weighted by atomic mass is 10.0. The highest BCUT2D eigenvalue weighted by Gasteiger charge is 2.17. The molecule has 0 N–H and O–H groups in total. The molecule has 1 saturated heterocycles. The molecular weight excluding hydrogens is 237 g/mol. The van der Waals surface area contributed by atoms with Gasteiger partial charge < -0.3 is 9.53 Å². The van der Waals surface area contributed by atoms with Crippen molar-refractivity contribution in [3.63, 3.8) is 0 Å². The normalized spacial score (nSPS) is 16.3. The number of carbonyl (C=O) groups is 2. The summed E-state index contributed by atoms with van der Waals surface area (Å²) in [6.45, 7) is 1.25. The third-order valence-corrected chi connectivity index (χ3v) is 2.60. The quantitative estimate of drug-likeness (QED) is 0.610. The molecule has 98 valence electrons. The van der Waals surface area contributed by atoms with Crippen LogP contribution in [-0.4, -0.2) is 31.0 Å². The van der Waals surface area contributed by atoms with Crippen LogP contribution in [0.3, 0.4) is 0 Å². The summed E-state index contributed by atoms with van der Waals surface area (Å²) < 4.78 is 16.7. The van der Waals surface area contributed by atoms with Crippen molar-refractivity contribution in [1.29, 1.82) is 0 Å². The highest BCUT2D eigenvalue weighted by Crippen LogP contribution is 2.14. The fourth-order valence-corrected chi connectivity index (χ4v) is 1.56. The number of carbonyl (C=O) groups excluding carboxylic acids is 2. The van der Waals surface area contributed by atoms with E-state index < -0.39 is 0 Å². The third-order valence-electron chi connectivity index (χ3n) is 2.60. The summed E-state index contributed by atoms with van der Waals surface area (Å²) in [4.78, 5) is 19.9. The Morgan fingerprint density at radius 2 is 1.78 bits per heavy atom. The molecule has 0 aromatic heterocycles. The Morgan fingerprint density at radius 1 is 1.17 bits per heavy atom. The smallest absolute Gasteiger partial charge is 0.298 e. The highest BCUT2D eigenvalue weighted by molar-refractivity contribution is 5.53. The molecule has 4 nitrogen and oxygen atoms in total. The molecule has 0 amide bonds. The SMILES string of the molecule is O=CC1CCN(F)CC1.O=COc1ccccc1. The Balaban J connectivity index is 0.000000180. The first-order chi connectivity index (χ1) is 8.76. The van der Waals surface area contributed by atoms with Gasteiger partial charge >= 0.3 is 0 Å². The molecule has 0 bridgehead atoms. The topological polar surface area (TPSA) is 46.6 Å². The first-order valence-electron chi connectivity index (χ1n) is 5.77. The molecule has 18 heavy (non-hydrogen) atoms. The van der Waals surface area contributed by atoms with E-state index in [1.54, 1.807) is 24.3 Å². The van der Waals surface area contributed by atoms with E-state index >= 15 is 0 Å². The Hall–Kier alpha value is -1.75. The average Bonchev–Trinajstić information content (AvgIpc) is 2.42. The predicted octanol–water partition coefficient (Wildman–Crippen LogP) is 2.00. The summed E-state index contributed by atoms with van der Waals surface area (Å²) in [6, 6.07) is 8.90. The molecule has 1 aliphatic heterocycles. The molecule has 0 radical (unpaired) electrons. The molecule has 1 aliphatic rings. The van der Waals surface area contributed by atoms with Crippen molar-refractivity contribution in [2.75, 3.05) is 13.1 Å². The summed E-state index contributed by atoms with van der Waals surface area (Å²) in [6.07, 6.45) is 2.28. The molecule has 0 unspecified atom stereocenters. The Kier molecular flexibility index (Phi) is 6.64. The Bertz CT molecular complexity index is 351. The zero-order chi connectivity index (χ0) is 13.2. The average molecular weight is 253 g/mol.